The van der Waals surface area contributed by atoms with Crippen LogP contribution in [0.15, 0.2) is 59.8 Å². The van der Waals surface area contributed by atoms with E-state index in [2.05, 4.69) is 25.5 Å². The van der Waals surface area contributed by atoms with Gasteiger partial charge in [-0.1, -0.05) is 18.2 Å². The molecule has 1 aromatic carbocycles. The molecule has 29 heavy (non-hydrogen) atoms. The second-order valence-electron chi connectivity index (χ2n) is 7.65. The Labute approximate surface area is 168 Å². The number of piperidine rings is 1. The predicted octanol–water partition coefficient (Wildman–Crippen LogP) is 3.59. The van der Waals surface area contributed by atoms with Crippen molar-refractivity contribution in [1.29, 1.82) is 5.26 Å². The maximum Gasteiger partial charge on any atom is 0.190 e. The number of benzene rings is 1. The highest BCUT2D eigenvalue weighted by molar-refractivity contribution is 6.02. The number of hydrogen-bond donors (Lipinski definition) is 1. The topological polar surface area (TPSA) is 77.7 Å². The van der Waals surface area contributed by atoms with E-state index in [0.717, 1.165) is 60.2 Å². The van der Waals surface area contributed by atoms with Crippen molar-refractivity contribution in [3.63, 3.8) is 0 Å². The van der Waals surface area contributed by atoms with E-state index in [-0.39, 0.29) is 11.5 Å². The lowest BCUT2D eigenvalue weighted by Gasteiger charge is -2.35. The molecule has 0 radical (unpaired) electrons. The van der Waals surface area contributed by atoms with E-state index in [9.17, 15) is 10.1 Å². The van der Waals surface area contributed by atoms with Crippen molar-refractivity contribution in [1.82, 2.24) is 19.4 Å². The highest BCUT2D eigenvalue weighted by Gasteiger charge is 2.23. The minimum Gasteiger partial charge on any atom is -0.346 e. The van der Waals surface area contributed by atoms with Crippen LogP contribution in [-0.4, -0.2) is 32.5 Å². The summed E-state index contributed by atoms with van der Waals surface area (Å²) in [6.07, 6.45) is 7.60. The number of pyridine rings is 2. The molecule has 3 aromatic heterocycles. The van der Waals surface area contributed by atoms with Crippen LogP contribution in [0.3, 0.4) is 0 Å². The number of hydrogen-bond acceptors (Lipinski definition) is 4. The van der Waals surface area contributed by atoms with Crippen LogP contribution in [0, 0.1) is 11.3 Å². The summed E-state index contributed by atoms with van der Waals surface area (Å²) in [5.41, 5.74) is 3.56. The van der Waals surface area contributed by atoms with E-state index in [1.54, 1.807) is 12.3 Å². The van der Waals surface area contributed by atoms with Gasteiger partial charge in [0.1, 0.15) is 5.65 Å². The van der Waals surface area contributed by atoms with E-state index in [1.165, 1.54) is 0 Å². The number of nitrogens with one attached hydrogen (secondary N) is 1. The van der Waals surface area contributed by atoms with Crippen LogP contribution < -0.4 is 5.43 Å². The van der Waals surface area contributed by atoms with E-state index in [0.29, 0.717) is 5.39 Å². The molecule has 6 nitrogen and oxygen atoms in total. The number of likely N-dealkylation sites (tertiary alicyclic amines) is 1. The Morgan fingerprint density at radius 2 is 2.10 bits per heavy atom. The van der Waals surface area contributed by atoms with Crippen LogP contribution in [0.4, 0.5) is 0 Å². The van der Waals surface area contributed by atoms with Crippen LogP contribution in [-0.2, 0) is 6.54 Å². The third-order valence-corrected chi connectivity index (χ3v) is 5.87. The maximum atomic E-state index is 12.5. The lowest BCUT2D eigenvalue weighted by atomic mass is 10.0. The zero-order valence-corrected chi connectivity index (χ0v) is 16.0. The molecule has 144 valence electrons. The van der Waals surface area contributed by atoms with Gasteiger partial charge in [0, 0.05) is 49.2 Å². The number of nitrogens with zero attached hydrogens (tertiary/aromatic N) is 4. The van der Waals surface area contributed by atoms with Crippen molar-refractivity contribution in [2.45, 2.75) is 25.4 Å². The van der Waals surface area contributed by atoms with Gasteiger partial charge in [0.15, 0.2) is 5.43 Å². The summed E-state index contributed by atoms with van der Waals surface area (Å²) in [4.78, 5) is 22.4. The molecule has 1 atom stereocenters. The molecule has 1 aliphatic rings. The Balaban J connectivity index is 1.52. The Hall–Kier alpha value is -3.43. The smallest absolute Gasteiger partial charge is 0.190 e. The summed E-state index contributed by atoms with van der Waals surface area (Å²) >= 11 is 0. The Morgan fingerprint density at radius 1 is 1.21 bits per heavy atom. The molecule has 1 aliphatic heterocycles. The second kappa shape index (κ2) is 7.19. The minimum absolute atomic E-state index is 0.00228. The largest absolute Gasteiger partial charge is 0.346 e. The first-order valence-corrected chi connectivity index (χ1v) is 9.92. The zero-order valence-electron chi connectivity index (χ0n) is 16.0. The fraction of sp³-hybridized carbons (Fsp3) is 0.261. The monoisotopic (exact) mass is 383 g/mol. The van der Waals surface area contributed by atoms with E-state index in [4.69, 9.17) is 0 Å². The first-order valence-electron chi connectivity index (χ1n) is 9.92. The van der Waals surface area contributed by atoms with Crippen molar-refractivity contribution in [2.24, 2.45) is 0 Å². The van der Waals surface area contributed by atoms with Crippen molar-refractivity contribution in [3.8, 4) is 6.07 Å². The normalized spacial score (nSPS) is 17.6. The van der Waals surface area contributed by atoms with Gasteiger partial charge in [-0.05, 0) is 37.1 Å². The van der Waals surface area contributed by atoms with Crippen LogP contribution in [0.2, 0.25) is 0 Å². The van der Waals surface area contributed by atoms with Crippen molar-refractivity contribution in [2.75, 3.05) is 13.1 Å². The van der Waals surface area contributed by atoms with Gasteiger partial charge < -0.3 is 9.55 Å². The van der Waals surface area contributed by atoms with Gasteiger partial charge in [-0.25, -0.2) is 4.98 Å². The van der Waals surface area contributed by atoms with Crippen LogP contribution >= 0.6 is 0 Å². The number of rotatable bonds is 3. The van der Waals surface area contributed by atoms with Gasteiger partial charge in [0.25, 0.3) is 0 Å². The zero-order chi connectivity index (χ0) is 19.8. The standard InChI is InChI=1S/C23H21N5O/c24-12-16-4-1-2-5-17(16)14-27-10-3-6-18(15-27)28-11-8-21(29)20-13-26-23-19(22(20)28)7-9-25-23/h1-2,4-5,7-9,11,13,18H,3,6,10,14-15H2,(H,25,26)/t18-/m1/s1. The van der Waals surface area contributed by atoms with E-state index in [1.807, 2.05) is 42.7 Å². The molecule has 1 fully saturated rings. The Kier molecular flexibility index (Phi) is 4.38. The van der Waals surface area contributed by atoms with Gasteiger partial charge in [-0.15, -0.1) is 0 Å². The quantitative estimate of drug-likeness (QED) is 0.586. The van der Waals surface area contributed by atoms with Crippen molar-refractivity contribution in [3.05, 3.63) is 76.3 Å². The average Bonchev–Trinajstić information content (AvgIpc) is 3.24. The average molecular weight is 383 g/mol. The molecule has 6 heteroatoms. The number of aromatic nitrogens is 3. The Morgan fingerprint density at radius 3 is 3.00 bits per heavy atom. The maximum absolute atomic E-state index is 12.5. The molecule has 0 saturated carbocycles. The highest BCUT2D eigenvalue weighted by atomic mass is 16.1. The van der Waals surface area contributed by atoms with Gasteiger partial charge in [-0.2, -0.15) is 5.26 Å². The summed E-state index contributed by atoms with van der Waals surface area (Å²) in [5, 5.41) is 11.0. The molecule has 0 spiro atoms. The molecule has 4 aromatic rings. The van der Waals surface area contributed by atoms with E-state index >= 15 is 0 Å². The highest BCUT2D eigenvalue weighted by Crippen LogP contribution is 2.29. The van der Waals surface area contributed by atoms with Gasteiger partial charge in [0.05, 0.1) is 22.5 Å². The first-order chi connectivity index (χ1) is 14.2. The van der Waals surface area contributed by atoms with Crippen LogP contribution in [0.5, 0.6) is 0 Å². The SMILES string of the molecule is N#Cc1ccccc1CN1CCC[C@@H](n2ccc(=O)c3cnc4[nH]ccc4c32)C1. The number of H-pyrrole nitrogens is 1. The van der Waals surface area contributed by atoms with Gasteiger partial charge in [0.2, 0.25) is 0 Å². The van der Waals surface area contributed by atoms with Gasteiger partial charge in [-0.3, -0.25) is 9.69 Å². The number of fused-ring (bicyclic) bond motifs is 3. The molecule has 0 unspecified atom stereocenters. The molecule has 1 saturated heterocycles. The van der Waals surface area contributed by atoms with Crippen LogP contribution in [0.1, 0.15) is 30.0 Å². The molecular formula is C23H21N5O. The molecular weight excluding hydrogens is 362 g/mol. The van der Waals surface area contributed by atoms with Crippen molar-refractivity contribution >= 4 is 21.9 Å². The summed E-state index contributed by atoms with van der Waals surface area (Å²) in [6, 6.07) is 14.0. The molecule has 0 amide bonds. The molecule has 5 rings (SSSR count). The van der Waals surface area contributed by atoms with Crippen molar-refractivity contribution < 1.29 is 0 Å². The number of aromatic amines is 1. The summed E-state index contributed by atoms with van der Waals surface area (Å²) in [5.74, 6) is 0. The summed E-state index contributed by atoms with van der Waals surface area (Å²) in [6.45, 7) is 2.65. The third-order valence-electron chi connectivity index (χ3n) is 5.87. The number of nitriles is 1. The van der Waals surface area contributed by atoms with Crippen LogP contribution in [0.25, 0.3) is 21.9 Å². The fourth-order valence-corrected chi connectivity index (χ4v) is 4.48. The molecule has 4 heterocycles. The third kappa shape index (κ3) is 3.10. The predicted molar refractivity (Wildman–Crippen MR) is 113 cm³/mol. The molecule has 1 N–H and O–H groups in total. The van der Waals surface area contributed by atoms with E-state index < -0.39 is 0 Å². The second-order valence-corrected chi connectivity index (χ2v) is 7.65. The lowest BCUT2D eigenvalue weighted by molar-refractivity contribution is 0.172. The summed E-state index contributed by atoms with van der Waals surface area (Å²) in [7, 11) is 0. The Bertz CT molecular complexity index is 1300. The molecule has 0 aliphatic carbocycles. The summed E-state index contributed by atoms with van der Waals surface area (Å²) < 4.78 is 2.25. The lowest BCUT2D eigenvalue weighted by Crippen LogP contribution is -2.36. The minimum atomic E-state index is 0.00228. The van der Waals surface area contributed by atoms with Gasteiger partial charge >= 0.3 is 0 Å². The molecule has 0 bridgehead atoms. The first kappa shape index (κ1) is 17.7. The fourth-order valence-electron chi connectivity index (χ4n) is 4.48.